The molecule has 1 atom stereocenters. The van der Waals surface area contributed by atoms with Crippen molar-refractivity contribution < 1.29 is 4.79 Å². The minimum Gasteiger partial charge on any atom is -0.321 e. The summed E-state index contributed by atoms with van der Waals surface area (Å²) in [7, 11) is 0. The zero-order chi connectivity index (χ0) is 16.9. The average Bonchev–Trinajstić information content (AvgIpc) is 2.59. The van der Waals surface area contributed by atoms with E-state index in [0.29, 0.717) is 11.5 Å². The number of amides is 1. The number of unbranched alkanes of at least 4 members (excludes halogenated alkanes) is 4. The average molecular weight is 318 g/mol. The van der Waals surface area contributed by atoms with Gasteiger partial charge in [-0.2, -0.15) is 5.10 Å². The molecule has 3 N–H and O–H groups in total. The van der Waals surface area contributed by atoms with E-state index in [4.69, 9.17) is 5.84 Å². The lowest BCUT2D eigenvalue weighted by Crippen LogP contribution is -2.37. The Balaban J connectivity index is 2.63. The van der Waals surface area contributed by atoms with E-state index in [-0.39, 0.29) is 11.8 Å². The molecular weight excluding hydrogens is 288 g/mol. The van der Waals surface area contributed by atoms with E-state index in [9.17, 15) is 4.79 Å². The maximum atomic E-state index is 12.6. The molecule has 0 radical (unpaired) electrons. The first-order valence-electron chi connectivity index (χ1n) is 8.73. The van der Waals surface area contributed by atoms with Gasteiger partial charge in [-0.05, 0) is 25.0 Å². The summed E-state index contributed by atoms with van der Waals surface area (Å²) >= 11 is 0. The zero-order valence-corrected chi connectivity index (χ0v) is 14.4. The summed E-state index contributed by atoms with van der Waals surface area (Å²) in [4.78, 5) is 16.8. The van der Waals surface area contributed by atoms with Gasteiger partial charge in [0.1, 0.15) is 5.69 Å². The van der Waals surface area contributed by atoms with E-state index in [1.54, 1.807) is 12.3 Å². The number of hydrazone groups is 1. The molecule has 0 bridgehead atoms. The Kier molecular flexibility index (Phi) is 9.68. The highest BCUT2D eigenvalue weighted by atomic mass is 16.2. The lowest BCUT2D eigenvalue weighted by molar-refractivity contribution is -0.124. The molecule has 0 aliphatic rings. The van der Waals surface area contributed by atoms with Crippen LogP contribution in [0.5, 0.6) is 0 Å². The van der Waals surface area contributed by atoms with Crippen LogP contribution in [0.25, 0.3) is 0 Å². The van der Waals surface area contributed by atoms with Gasteiger partial charge in [0.05, 0.1) is 0 Å². The summed E-state index contributed by atoms with van der Waals surface area (Å²) in [5.41, 5.74) is 0.587. The molecule has 0 aliphatic heterocycles. The van der Waals surface area contributed by atoms with Gasteiger partial charge in [-0.3, -0.25) is 9.78 Å². The van der Waals surface area contributed by atoms with Crippen LogP contribution in [0.3, 0.4) is 0 Å². The summed E-state index contributed by atoms with van der Waals surface area (Å²) in [5, 5.41) is 6.55. The number of pyridine rings is 1. The predicted octanol–water partition coefficient (Wildman–Crippen LogP) is 3.59. The molecule has 1 heterocycles. The van der Waals surface area contributed by atoms with Crippen molar-refractivity contribution in [1.82, 2.24) is 10.3 Å². The fraction of sp³-hybridized carbons (Fsp3) is 0.611. The SMILES string of the molecule is CCCCCCC(CCCC)C(=O)N/C(=N/N)c1ccccn1. The minimum absolute atomic E-state index is 0.00445. The van der Waals surface area contributed by atoms with E-state index in [1.165, 1.54) is 19.3 Å². The number of nitrogens with zero attached hydrogens (tertiary/aromatic N) is 2. The first kappa shape index (κ1) is 19.1. The number of hydrogen-bond acceptors (Lipinski definition) is 4. The molecule has 0 saturated carbocycles. The topological polar surface area (TPSA) is 80.4 Å². The molecule has 1 aromatic heterocycles. The van der Waals surface area contributed by atoms with Crippen LogP contribution in [-0.2, 0) is 4.79 Å². The zero-order valence-electron chi connectivity index (χ0n) is 14.4. The van der Waals surface area contributed by atoms with Crippen molar-refractivity contribution in [3.05, 3.63) is 30.1 Å². The van der Waals surface area contributed by atoms with Gasteiger partial charge in [0.2, 0.25) is 5.91 Å². The number of amidine groups is 1. The molecule has 23 heavy (non-hydrogen) atoms. The minimum atomic E-state index is 0.00445. The third kappa shape index (κ3) is 7.26. The lowest BCUT2D eigenvalue weighted by Gasteiger charge is -2.17. The highest BCUT2D eigenvalue weighted by molar-refractivity contribution is 6.07. The molecule has 128 valence electrons. The van der Waals surface area contributed by atoms with Crippen LogP contribution in [0.1, 0.15) is 70.9 Å². The molecule has 0 aliphatic carbocycles. The third-order valence-electron chi connectivity index (χ3n) is 3.96. The Morgan fingerprint density at radius 3 is 2.52 bits per heavy atom. The van der Waals surface area contributed by atoms with Crippen molar-refractivity contribution >= 4 is 11.7 Å². The highest BCUT2D eigenvalue weighted by Crippen LogP contribution is 2.18. The first-order chi connectivity index (χ1) is 11.2. The van der Waals surface area contributed by atoms with Crippen molar-refractivity contribution in [2.45, 2.75) is 65.2 Å². The van der Waals surface area contributed by atoms with Crippen molar-refractivity contribution in [2.24, 2.45) is 16.9 Å². The second-order valence-electron chi connectivity index (χ2n) is 5.87. The molecular formula is C18H30N4O. The van der Waals surface area contributed by atoms with E-state index in [2.05, 4.69) is 29.2 Å². The summed E-state index contributed by atoms with van der Waals surface area (Å²) < 4.78 is 0. The smallest absolute Gasteiger partial charge is 0.228 e. The molecule has 1 amide bonds. The van der Waals surface area contributed by atoms with Gasteiger partial charge in [0.25, 0.3) is 0 Å². The Morgan fingerprint density at radius 1 is 1.17 bits per heavy atom. The summed E-state index contributed by atoms with van der Waals surface area (Å²) in [6.07, 6.45) is 10.4. The van der Waals surface area contributed by atoms with Crippen molar-refractivity contribution in [3.63, 3.8) is 0 Å². The Hall–Kier alpha value is -1.91. The van der Waals surface area contributed by atoms with Crippen LogP contribution in [0.15, 0.2) is 29.5 Å². The van der Waals surface area contributed by atoms with Crippen molar-refractivity contribution in [2.75, 3.05) is 0 Å². The number of rotatable bonds is 10. The predicted molar refractivity (Wildman–Crippen MR) is 94.9 cm³/mol. The van der Waals surface area contributed by atoms with Gasteiger partial charge in [-0.1, -0.05) is 58.4 Å². The molecule has 1 unspecified atom stereocenters. The van der Waals surface area contributed by atoms with E-state index >= 15 is 0 Å². The summed E-state index contributed by atoms with van der Waals surface area (Å²) in [6.45, 7) is 4.34. The fourth-order valence-corrected chi connectivity index (χ4v) is 2.56. The van der Waals surface area contributed by atoms with Crippen LogP contribution in [0.4, 0.5) is 0 Å². The monoisotopic (exact) mass is 318 g/mol. The van der Waals surface area contributed by atoms with Crippen LogP contribution < -0.4 is 11.2 Å². The summed E-state index contributed by atoms with van der Waals surface area (Å²) in [6, 6.07) is 5.45. The fourth-order valence-electron chi connectivity index (χ4n) is 2.56. The van der Waals surface area contributed by atoms with E-state index in [0.717, 1.165) is 32.1 Å². The van der Waals surface area contributed by atoms with Gasteiger partial charge in [-0.25, -0.2) is 0 Å². The Labute approximate surface area is 139 Å². The normalized spacial score (nSPS) is 12.9. The standard InChI is InChI=1S/C18H30N4O/c1-3-5-7-8-12-15(11-6-4-2)18(23)21-17(22-19)16-13-9-10-14-20-16/h9-10,13-15H,3-8,11-12,19H2,1-2H3,(H,21,22,23). The van der Waals surface area contributed by atoms with Crippen LogP contribution in [0.2, 0.25) is 0 Å². The molecule has 5 heteroatoms. The maximum absolute atomic E-state index is 12.6. The van der Waals surface area contributed by atoms with Gasteiger partial charge in [-0.15, -0.1) is 0 Å². The first-order valence-corrected chi connectivity index (χ1v) is 8.73. The molecule has 5 nitrogen and oxygen atoms in total. The molecule has 0 spiro atoms. The molecule has 0 aromatic carbocycles. The molecule has 1 rings (SSSR count). The van der Waals surface area contributed by atoms with Crippen molar-refractivity contribution in [3.8, 4) is 0 Å². The van der Waals surface area contributed by atoms with Gasteiger partial charge < -0.3 is 11.2 Å². The molecule has 1 aromatic rings. The van der Waals surface area contributed by atoms with E-state index < -0.39 is 0 Å². The van der Waals surface area contributed by atoms with E-state index in [1.807, 2.05) is 12.1 Å². The maximum Gasteiger partial charge on any atom is 0.228 e. The lowest BCUT2D eigenvalue weighted by atomic mass is 9.94. The number of nitrogens with two attached hydrogens (primary N) is 1. The number of carbonyl (C=O) groups excluding carboxylic acids is 1. The van der Waals surface area contributed by atoms with Gasteiger partial charge in [0, 0.05) is 12.1 Å². The number of carbonyl (C=O) groups is 1. The third-order valence-corrected chi connectivity index (χ3v) is 3.96. The second-order valence-corrected chi connectivity index (χ2v) is 5.87. The Bertz CT molecular complexity index is 473. The highest BCUT2D eigenvalue weighted by Gasteiger charge is 2.20. The van der Waals surface area contributed by atoms with Crippen molar-refractivity contribution in [1.29, 1.82) is 0 Å². The largest absolute Gasteiger partial charge is 0.321 e. The van der Waals surface area contributed by atoms with Gasteiger partial charge in [0.15, 0.2) is 5.84 Å². The number of nitrogens with one attached hydrogen (secondary N) is 1. The summed E-state index contributed by atoms with van der Waals surface area (Å²) in [5.74, 6) is 5.79. The number of hydrogen-bond donors (Lipinski definition) is 2. The molecule has 0 saturated heterocycles. The quantitative estimate of drug-likeness (QED) is 0.227. The number of aromatic nitrogens is 1. The van der Waals surface area contributed by atoms with Crippen LogP contribution in [-0.4, -0.2) is 16.7 Å². The van der Waals surface area contributed by atoms with Crippen LogP contribution in [0, 0.1) is 5.92 Å². The molecule has 0 fully saturated rings. The Morgan fingerprint density at radius 2 is 1.91 bits per heavy atom. The second kappa shape index (κ2) is 11.6. The van der Waals surface area contributed by atoms with Crippen LogP contribution >= 0.6 is 0 Å². The van der Waals surface area contributed by atoms with Gasteiger partial charge >= 0.3 is 0 Å².